The maximum Gasteiger partial charge on any atom is 0.272 e. The van der Waals surface area contributed by atoms with Gasteiger partial charge in [-0.3, -0.25) is 9.59 Å². The molecule has 0 heterocycles. The molecule has 2 amide bonds. The van der Waals surface area contributed by atoms with Crippen molar-refractivity contribution < 1.29 is 19.1 Å². The molecular formula is C31H28N2O4S. The Bertz CT molecular complexity index is 1410. The Hall–Kier alpha value is -4.49. The summed E-state index contributed by atoms with van der Waals surface area (Å²) < 4.78 is 10.7. The van der Waals surface area contributed by atoms with Crippen molar-refractivity contribution in [2.75, 3.05) is 19.5 Å². The summed E-state index contributed by atoms with van der Waals surface area (Å²) in [5.74, 6) is 1.10. The van der Waals surface area contributed by atoms with Crippen LogP contribution < -0.4 is 20.1 Å². The van der Waals surface area contributed by atoms with Crippen LogP contribution >= 0.6 is 11.8 Å². The Morgan fingerprint density at radius 1 is 0.789 bits per heavy atom. The van der Waals surface area contributed by atoms with E-state index in [1.54, 1.807) is 67.4 Å². The predicted molar refractivity (Wildman–Crippen MR) is 153 cm³/mol. The van der Waals surface area contributed by atoms with Crippen LogP contribution in [0.15, 0.2) is 114 Å². The number of hydrogen-bond acceptors (Lipinski definition) is 5. The standard InChI is InChI=1S/C31H28N2O4S/c1-36-28-18-13-23(20-29(28)37-2)19-27(33-30(34)24-11-7-4-8-12-24)31(35)32-25-14-16-26(17-15-25)38-21-22-9-5-3-6-10-22/h3-20H,21H2,1-2H3,(H,32,35)(H,33,34)/b27-19-. The van der Waals surface area contributed by atoms with Crippen LogP contribution in [0, 0.1) is 0 Å². The second-order valence-corrected chi connectivity index (χ2v) is 9.29. The monoisotopic (exact) mass is 524 g/mol. The number of rotatable bonds is 10. The maximum absolute atomic E-state index is 13.3. The largest absolute Gasteiger partial charge is 0.493 e. The predicted octanol–water partition coefficient (Wildman–Crippen LogP) is 6.41. The molecule has 0 bridgehead atoms. The smallest absolute Gasteiger partial charge is 0.272 e. The molecule has 0 aliphatic heterocycles. The van der Waals surface area contributed by atoms with E-state index in [4.69, 9.17) is 9.47 Å². The summed E-state index contributed by atoms with van der Waals surface area (Å²) in [7, 11) is 3.09. The summed E-state index contributed by atoms with van der Waals surface area (Å²) >= 11 is 1.72. The Balaban J connectivity index is 1.52. The van der Waals surface area contributed by atoms with Crippen molar-refractivity contribution in [1.29, 1.82) is 0 Å². The topological polar surface area (TPSA) is 76.7 Å². The number of amides is 2. The summed E-state index contributed by atoms with van der Waals surface area (Å²) in [6.07, 6.45) is 1.60. The molecule has 4 aromatic carbocycles. The van der Waals surface area contributed by atoms with Crippen molar-refractivity contribution in [2.24, 2.45) is 0 Å². The second kappa shape index (κ2) is 13.2. The Kier molecular flexibility index (Phi) is 9.21. The van der Waals surface area contributed by atoms with Crippen LogP contribution in [0.3, 0.4) is 0 Å². The van der Waals surface area contributed by atoms with Gasteiger partial charge in [0.25, 0.3) is 11.8 Å². The highest BCUT2D eigenvalue weighted by Crippen LogP contribution is 2.29. The number of carbonyl (C=O) groups excluding carboxylic acids is 2. The van der Waals surface area contributed by atoms with Crippen LogP contribution in [0.2, 0.25) is 0 Å². The highest BCUT2D eigenvalue weighted by atomic mass is 32.2. The minimum absolute atomic E-state index is 0.0913. The summed E-state index contributed by atoms with van der Waals surface area (Å²) in [5, 5.41) is 5.64. The zero-order valence-corrected chi connectivity index (χ0v) is 22.0. The number of ether oxygens (including phenoxy) is 2. The van der Waals surface area contributed by atoms with Crippen molar-refractivity contribution >= 4 is 35.3 Å². The number of hydrogen-bond donors (Lipinski definition) is 2. The van der Waals surface area contributed by atoms with Gasteiger partial charge in [0.05, 0.1) is 14.2 Å². The molecule has 0 aromatic heterocycles. The van der Waals surface area contributed by atoms with Crippen LogP contribution in [0.1, 0.15) is 21.5 Å². The third-order valence-electron chi connectivity index (χ3n) is 5.61. The molecule has 6 nitrogen and oxygen atoms in total. The first kappa shape index (κ1) is 26.6. The van der Waals surface area contributed by atoms with Gasteiger partial charge in [0.1, 0.15) is 5.70 Å². The molecule has 0 unspecified atom stereocenters. The SMILES string of the molecule is COc1ccc(/C=C(\NC(=O)c2ccccc2)C(=O)Nc2ccc(SCc3ccccc3)cc2)cc1OC. The first-order valence-electron chi connectivity index (χ1n) is 11.9. The van der Waals surface area contributed by atoms with E-state index in [2.05, 4.69) is 22.8 Å². The number of anilines is 1. The molecular weight excluding hydrogens is 496 g/mol. The van der Waals surface area contributed by atoms with E-state index in [1.165, 1.54) is 12.7 Å². The first-order valence-corrected chi connectivity index (χ1v) is 12.9. The highest BCUT2D eigenvalue weighted by Gasteiger charge is 2.16. The molecule has 0 saturated carbocycles. The van der Waals surface area contributed by atoms with E-state index in [9.17, 15) is 9.59 Å². The van der Waals surface area contributed by atoms with Gasteiger partial charge in [-0.2, -0.15) is 0 Å². The highest BCUT2D eigenvalue weighted by molar-refractivity contribution is 7.98. The average molecular weight is 525 g/mol. The molecule has 0 spiro atoms. The number of carbonyl (C=O) groups is 2. The lowest BCUT2D eigenvalue weighted by molar-refractivity contribution is -0.113. The Morgan fingerprint density at radius 3 is 2.11 bits per heavy atom. The van der Waals surface area contributed by atoms with E-state index < -0.39 is 5.91 Å². The van der Waals surface area contributed by atoms with Crippen molar-refractivity contribution in [3.05, 3.63) is 126 Å². The number of thioether (sulfide) groups is 1. The van der Waals surface area contributed by atoms with Gasteiger partial charge in [-0.05, 0) is 65.7 Å². The zero-order valence-electron chi connectivity index (χ0n) is 21.1. The number of nitrogens with one attached hydrogen (secondary N) is 2. The van der Waals surface area contributed by atoms with Crippen LogP contribution in [0.5, 0.6) is 11.5 Å². The molecule has 0 atom stereocenters. The lowest BCUT2D eigenvalue weighted by Crippen LogP contribution is -2.30. The maximum atomic E-state index is 13.3. The third kappa shape index (κ3) is 7.27. The van der Waals surface area contributed by atoms with Gasteiger partial charge in [-0.25, -0.2) is 0 Å². The van der Waals surface area contributed by atoms with Crippen molar-refractivity contribution in [2.45, 2.75) is 10.6 Å². The summed E-state index contributed by atoms with van der Waals surface area (Å²) in [4.78, 5) is 27.3. The lowest BCUT2D eigenvalue weighted by Gasteiger charge is -2.13. The van der Waals surface area contributed by atoms with Crippen LogP contribution in [0.25, 0.3) is 6.08 Å². The third-order valence-corrected chi connectivity index (χ3v) is 6.69. The molecule has 0 fully saturated rings. The van der Waals surface area contributed by atoms with Crippen molar-refractivity contribution in [3.63, 3.8) is 0 Å². The molecule has 0 radical (unpaired) electrons. The molecule has 38 heavy (non-hydrogen) atoms. The minimum atomic E-state index is -0.450. The fraction of sp³-hybridized carbons (Fsp3) is 0.0968. The quantitative estimate of drug-likeness (QED) is 0.185. The lowest BCUT2D eigenvalue weighted by atomic mass is 10.1. The van der Waals surface area contributed by atoms with Gasteiger partial charge < -0.3 is 20.1 Å². The van der Waals surface area contributed by atoms with E-state index >= 15 is 0 Å². The van der Waals surface area contributed by atoms with Gasteiger partial charge in [-0.15, -0.1) is 11.8 Å². The van der Waals surface area contributed by atoms with Gasteiger partial charge in [0, 0.05) is 21.9 Å². The van der Waals surface area contributed by atoms with Crippen LogP contribution in [0.4, 0.5) is 5.69 Å². The van der Waals surface area contributed by atoms with Gasteiger partial charge in [-0.1, -0.05) is 54.6 Å². The van der Waals surface area contributed by atoms with E-state index in [-0.39, 0.29) is 11.6 Å². The van der Waals surface area contributed by atoms with E-state index in [0.29, 0.717) is 28.3 Å². The summed E-state index contributed by atoms with van der Waals surface area (Å²) in [5.41, 5.74) is 3.06. The molecule has 0 aliphatic rings. The average Bonchev–Trinajstić information content (AvgIpc) is 2.97. The normalized spacial score (nSPS) is 10.9. The molecule has 0 saturated heterocycles. The van der Waals surface area contributed by atoms with E-state index in [0.717, 1.165) is 10.6 Å². The fourth-order valence-corrected chi connectivity index (χ4v) is 4.48. The molecule has 7 heteroatoms. The minimum Gasteiger partial charge on any atom is -0.493 e. The number of methoxy groups -OCH3 is 2. The van der Waals surface area contributed by atoms with Gasteiger partial charge in [0.2, 0.25) is 0 Å². The fourth-order valence-electron chi connectivity index (χ4n) is 3.63. The Labute approximate surface area is 226 Å². The Morgan fingerprint density at radius 2 is 1.45 bits per heavy atom. The van der Waals surface area contributed by atoms with Crippen molar-refractivity contribution in [3.8, 4) is 11.5 Å². The molecule has 4 rings (SSSR count). The molecule has 0 aliphatic carbocycles. The van der Waals surface area contributed by atoms with Gasteiger partial charge >= 0.3 is 0 Å². The first-order chi connectivity index (χ1) is 18.6. The van der Waals surface area contributed by atoms with Crippen LogP contribution in [-0.4, -0.2) is 26.0 Å². The molecule has 4 aromatic rings. The number of benzene rings is 4. The molecule has 192 valence electrons. The van der Waals surface area contributed by atoms with Gasteiger partial charge in [0.15, 0.2) is 11.5 Å². The molecule has 2 N–H and O–H groups in total. The van der Waals surface area contributed by atoms with E-state index in [1.807, 2.05) is 48.5 Å². The summed E-state index contributed by atoms with van der Waals surface area (Å²) in [6.45, 7) is 0. The second-order valence-electron chi connectivity index (χ2n) is 8.25. The van der Waals surface area contributed by atoms with Crippen LogP contribution in [-0.2, 0) is 10.5 Å². The summed E-state index contributed by atoms with van der Waals surface area (Å²) in [6, 6.07) is 31.9. The van der Waals surface area contributed by atoms with Crippen molar-refractivity contribution in [1.82, 2.24) is 5.32 Å². The zero-order chi connectivity index (χ0) is 26.7.